The molecule has 0 bridgehead atoms. The highest BCUT2D eigenvalue weighted by molar-refractivity contribution is 6.62. The first-order valence-electron chi connectivity index (χ1n) is 8.79. The van der Waals surface area contributed by atoms with Gasteiger partial charge >= 0.3 is 7.12 Å². The summed E-state index contributed by atoms with van der Waals surface area (Å²) in [4.78, 5) is 6.94. The third-order valence-corrected chi connectivity index (χ3v) is 5.62. The smallest absolute Gasteiger partial charge is 0.399 e. The van der Waals surface area contributed by atoms with Crippen molar-refractivity contribution < 1.29 is 9.31 Å². The predicted octanol–water partition coefficient (Wildman–Crippen LogP) is 2.61. The monoisotopic (exact) mass is 316 g/mol. The number of aromatic nitrogens is 1. The summed E-state index contributed by atoms with van der Waals surface area (Å²) in [5, 5.41) is 0. The van der Waals surface area contributed by atoms with E-state index in [1.807, 2.05) is 12.4 Å². The van der Waals surface area contributed by atoms with Crippen LogP contribution in [0.2, 0.25) is 0 Å². The van der Waals surface area contributed by atoms with Crippen LogP contribution in [0.25, 0.3) is 0 Å². The van der Waals surface area contributed by atoms with Crippen molar-refractivity contribution in [3.63, 3.8) is 0 Å². The van der Waals surface area contributed by atoms with E-state index in [1.54, 1.807) is 0 Å². The van der Waals surface area contributed by atoms with E-state index in [0.29, 0.717) is 0 Å². The van der Waals surface area contributed by atoms with E-state index < -0.39 is 0 Å². The Labute approximate surface area is 140 Å². The average molecular weight is 316 g/mol. The molecule has 0 atom stereocenters. The van der Waals surface area contributed by atoms with Crippen LogP contribution in [-0.4, -0.2) is 41.3 Å². The Balaban J connectivity index is 1.69. The Morgan fingerprint density at radius 2 is 1.74 bits per heavy atom. The van der Waals surface area contributed by atoms with Crippen LogP contribution in [-0.2, 0) is 15.9 Å². The van der Waals surface area contributed by atoms with Gasteiger partial charge in [-0.2, -0.15) is 0 Å². The van der Waals surface area contributed by atoms with Gasteiger partial charge in [-0.1, -0.05) is 13.0 Å². The predicted molar refractivity (Wildman–Crippen MR) is 93.6 cm³/mol. The highest BCUT2D eigenvalue weighted by atomic mass is 16.7. The Kier molecular flexibility index (Phi) is 4.56. The van der Waals surface area contributed by atoms with Crippen LogP contribution in [0.3, 0.4) is 0 Å². The number of piperidine rings is 1. The zero-order chi connectivity index (χ0) is 16.7. The molecular formula is C18H29BN2O2. The van der Waals surface area contributed by atoms with Gasteiger partial charge in [0.25, 0.3) is 0 Å². The van der Waals surface area contributed by atoms with Gasteiger partial charge in [-0.15, -0.1) is 0 Å². The van der Waals surface area contributed by atoms with E-state index in [2.05, 4.69) is 50.6 Å². The molecule has 4 nitrogen and oxygen atoms in total. The fourth-order valence-corrected chi connectivity index (χ4v) is 3.18. The van der Waals surface area contributed by atoms with Crippen LogP contribution >= 0.6 is 0 Å². The number of hydrogen-bond donors (Lipinski definition) is 0. The molecule has 0 amide bonds. The Hall–Kier alpha value is -0.905. The lowest BCUT2D eigenvalue weighted by molar-refractivity contribution is 0.00578. The van der Waals surface area contributed by atoms with Crippen molar-refractivity contribution in [1.29, 1.82) is 0 Å². The van der Waals surface area contributed by atoms with Gasteiger partial charge in [0.1, 0.15) is 0 Å². The van der Waals surface area contributed by atoms with Crippen molar-refractivity contribution in [3.8, 4) is 0 Å². The third-order valence-electron chi connectivity index (χ3n) is 5.62. The molecule has 23 heavy (non-hydrogen) atoms. The zero-order valence-electron chi connectivity index (χ0n) is 15.1. The first-order valence-corrected chi connectivity index (χ1v) is 8.79. The summed E-state index contributed by atoms with van der Waals surface area (Å²) in [6.07, 6.45) is 6.42. The second-order valence-corrected chi connectivity index (χ2v) is 8.17. The Morgan fingerprint density at radius 3 is 2.35 bits per heavy atom. The minimum Gasteiger partial charge on any atom is -0.399 e. The highest BCUT2D eigenvalue weighted by Crippen LogP contribution is 2.36. The van der Waals surface area contributed by atoms with Crippen molar-refractivity contribution in [1.82, 2.24) is 9.88 Å². The van der Waals surface area contributed by atoms with E-state index in [4.69, 9.17) is 9.31 Å². The Morgan fingerprint density at radius 1 is 1.13 bits per heavy atom. The minimum atomic E-state index is -0.325. The molecule has 2 saturated heterocycles. The van der Waals surface area contributed by atoms with Crippen molar-refractivity contribution in [3.05, 3.63) is 24.0 Å². The molecule has 0 aliphatic carbocycles. The molecule has 0 spiro atoms. The van der Waals surface area contributed by atoms with Crippen molar-refractivity contribution in [2.24, 2.45) is 5.92 Å². The average Bonchev–Trinajstić information content (AvgIpc) is 2.70. The molecule has 1 aromatic heterocycles. The van der Waals surface area contributed by atoms with Gasteiger partial charge in [0.2, 0.25) is 0 Å². The maximum absolute atomic E-state index is 6.13. The lowest BCUT2D eigenvalue weighted by atomic mass is 9.79. The second kappa shape index (κ2) is 6.19. The fraction of sp³-hybridized carbons (Fsp3) is 0.722. The molecule has 5 heteroatoms. The molecule has 0 radical (unpaired) electrons. The molecule has 2 aliphatic heterocycles. The fourth-order valence-electron chi connectivity index (χ4n) is 3.18. The number of rotatable bonds is 3. The maximum Gasteiger partial charge on any atom is 0.496 e. The molecule has 0 aromatic carbocycles. The van der Waals surface area contributed by atoms with E-state index in [9.17, 15) is 0 Å². The first-order chi connectivity index (χ1) is 10.8. The standard InChI is InChI=1S/C18H29BN2O2/c1-14-6-8-21(9-7-14)13-15-10-16(12-20-11-15)19-22-17(2,3)18(4,5)23-19/h10-12,14H,6-9,13H2,1-5H3. The molecule has 3 heterocycles. The topological polar surface area (TPSA) is 34.6 Å². The van der Waals surface area contributed by atoms with Crippen molar-refractivity contribution >= 4 is 12.6 Å². The van der Waals surface area contributed by atoms with Crippen LogP contribution in [0.5, 0.6) is 0 Å². The van der Waals surface area contributed by atoms with Gasteiger partial charge in [-0.25, -0.2) is 0 Å². The second-order valence-electron chi connectivity index (χ2n) is 8.17. The van der Waals surface area contributed by atoms with Crippen LogP contribution in [0.4, 0.5) is 0 Å². The molecule has 2 aliphatic rings. The first kappa shape index (κ1) is 16.9. The normalized spacial score (nSPS) is 25.0. The van der Waals surface area contributed by atoms with Gasteiger partial charge in [-0.3, -0.25) is 9.88 Å². The lowest BCUT2D eigenvalue weighted by Gasteiger charge is -2.32. The Bertz CT molecular complexity index is 538. The van der Waals surface area contributed by atoms with Gasteiger partial charge in [0.15, 0.2) is 0 Å². The quantitative estimate of drug-likeness (QED) is 0.803. The van der Waals surface area contributed by atoms with Crippen LogP contribution in [0.15, 0.2) is 18.5 Å². The SMILES string of the molecule is CC1CCN(Cc2cncc(B3OC(C)(C)C(C)(C)O3)c2)CC1. The zero-order valence-corrected chi connectivity index (χ0v) is 15.1. The molecule has 0 N–H and O–H groups in total. The maximum atomic E-state index is 6.13. The summed E-state index contributed by atoms with van der Waals surface area (Å²) in [5.41, 5.74) is 1.64. The van der Waals surface area contributed by atoms with Crippen LogP contribution in [0, 0.1) is 5.92 Å². The van der Waals surface area contributed by atoms with Crippen LogP contribution < -0.4 is 5.46 Å². The minimum absolute atomic E-state index is 0.309. The molecule has 0 unspecified atom stereocenters. The summed E-state index contributed by atoms with van der Waals surface area (Å²) in [6, 6.07) is 2.19. The third kappa shape index (κ3) is 3.62. The van der Waals surface area contributed by atoms with E-state index in [0.717, 1.165) is 17.9 Å². The largest absolute Gasteiger partial charge is 0.496 e. The molecular weight excluding hydrogens is 287 g/mol. The molecule has 3 rings (SSSR count). The van der Waals surface area contributed by atoms with E-state index >= 15 is 0 Å². The number of pyridine rings is 1. The summed E-state index contributed by atoms with van der Waals surface area (Å²) in [6.45, 7) is 14.0. The molecule has 0 saturated carbocycles. The van der Waals surface area contributed by atoms with E-state index in [1.165, 1.54) is 31.5 Å². The number of hydrogen-bond acceptors (Lipinski definition) is 4. The van der Waals surface area contributed by atoms with E-state index in [-0.39, 0.29) is 18.3 Å². The van der Waals surface area contributed by atoms with Gasteiger partial charge in [-0.05, 0) is 65.1 Å². The van der Waals surface area contributed by atoms with Gasteiger partial charge < -0.3 is 9.31 Å². The summed E-state index contributed by atoms with van der Waals surface area (Å²) in [7, 11) is -0.325. The number of nitrogens with zero attached hydrogens (tertiary/aromatic N) is 2. The molecule has 2 fully saturated rings. The molecule has 1 aromatic rings. The van der Waals surface area contributed by atoms with Crippen molar-refractivity contribution in [2.75, 3.05) is 13.1 Å². The summed E-state index contributed by atoms with van der Waals surface area (Å²) >= 11 is 0. The summed E-state index contributed by atoms with van der Waals surface area (Å²) in [5.74, 6) is 0.862. The van der Waals surface area contributed by atoms with Crippen LogP contribution in [0.1, 0.15) is 53.0 Å². The lowest BCUT2D eigenvalue weighted by Crippen LogP contribution is -2.41. The van der Waals surface area contributed by atoms with Crippen molar-refractivity contribution in [2.45, 2.75) is 65.2 Å². The summed E-state index contributed by atoms with van der Waals surface area (Å²) < 4.78 is 12.3. The van der Waals surface area contributed by atoms with Gasteiger partial charge in [0, 0.05) is 24.4 Å². The molecule has 126 valence electrons. The number of likely N-dealkylation sites (tertiary alicyclic amines) is 1. The van der Waals surface area contributed by atoms with Gasteiger partial charge in [0.05, 0.1) is 11.2 Å². The highest BCUT2D eigenvalue weighted by Gasteiger charge is 2.51.